The first kappa shape index (κ1) is 19.3. The Morgan fingerprint density at radius 1 is 1.21 bits per heavy atom. The molecule has 1 fully saturated rings. The number of non-ortho nitro benzene ring substituents is 1. The number of amides is 3. The molecule has 0 radical (unpaired) electrons. The van der Waals surface area contributed by atoms with E-state index in [9.17, 15) is 24.5 Å². The number of hydrogen-bond acceptors (Lipinski definition) is 7. The Morgan fingerprint density at radius 3 is 2.54 bits per heavy atom. The molecular weight excluding hydrogens is 386 g/mol. The molecule has 2 aromatic rings. The third-order valence-electron chi connectivity index (χ3n) is 3.85. The molecule has 28 heavy (non-hydrogen) atoms. The average molecular weight is 401 g/mol. The minimum atomic E-state index is -0.565. The topological polar surface area (TPSA) is 135 Å². The number of nitrogens with zero attached hydrogens (tertiary/aromatic N) is 3. The van der Waals surface area contributed by atoms with E-state index in [-0.39, 0.29) is 23.9 Å². The number of nitro groups is 1. The number of hydrazine groups is 1. The number of carbonyl (C=O) groups excluding carboxylic acids is 3. The fourth-order valence-electron chi connectivity index (χ4n) is 2.49. The molecule has 0 saturated carbocycles. The number of carbonyl (C=O) groups is 3. The number of pyridine rings is 1. The molecule has 3 amide bonds. The van der Waals surface area contributed by atoms with Crippen LogP contribution < -0.4 is 10.7 Å². The summed E-state index contributed by atoms with van der Waals surface area (Å²) in [6, 6.07) is 8.79. The lowest BCUT2D eigenvalue weighted by Gasteiger charge is -2.24. The molecule has 2 heterocycles. The fourth-order valence-corrected chi connectivity index (χ4v) is 3.60. The van der Waals surface area contributed by atoms with Crippen LogP contribution in [0.3, 0.4) is 0 Å². The van der Waals surface area contributed by atoms with Gasteiger partial charge in [0.05, 0.1) is 17.2 Å². The van der Waals surface area contributed by atoms with Crippen molar-refractivity contribution in [2.75, 3.05) is 12.3 Å². The van der Waals surface area contributed by atoms with Crippen LogP contribution in [0.1, 0.15) is 21.3 Å². The minimum absolute atomic E-state index is 0.0625. The first-order valence-electron chi connectivity index (χ1n) is 8.11. The van der Waals surface area contributed by atoms with Crippen LogP contribution in [0, 0.1) is 10.1 Å². The second kappa shape index (κ2) is 8.48. The summed E-state index contributed by atoms with van der Waals surface area (Å²) in [6.45, 7) is -0.317. The molecular formula is C17H15N5O5S. The van der Waals surface area contributed by atoms with Crippen LogP contribution in [0.2, 0.25) is 0 Å². The Morgan fingerprint density at radius 2 is 1.89 bits per heavy atom. The first-order chi connectivity index (χ1) is 13.5. The summed E-state index contributed by atoms with van der Waals surface area (Å²) in [5.41, 5.74) is 3.42. The predicted molar refractivity (Wildman–Crippen MR) is 99.9 cm³/mol. The summed E-state index contributed by atoms with van der Waals surface area (Å²) < 4.78 is 0. The minimum Gasteiger partial charge on any atom is -0.343 e. The largest absolute Gasteiger partial charge is 0.343 e. The zero-order valence-corrected chi connectivity index (χ0v) is 15.2. The van der Waals surface area contributed by atoms with Crippen molar-refractivity contribution in [2.45, 2.75) is 5.37 Å². The van der Waals surface area contributed by atoms with E-state index >= 15 is 0 Å². The highest BCUT2D eigenvalue weighted by atomic mass is 32.2. The molecule has 3 rings (SSSR count). The number of rotatable bonds is 6. The maximum atomic E-state index is 12.2. The van der Waals surface area contributed by atoms with E-state index in [0.717, 1.165) is 0 Å². The van der Waals surface area contributed by atoms with Gasteiger partial charge in [-0.1, -0.05) is 0 Å². The lowest BCUT2D eigenvalue weighted by atomic mass is 10.2. The first-order valence-corrected chi connectivity index (χ1v) is 9.16. The van der Waals surface area contributed by atoms with Gasteiger partial charge in [-0.25, -0.2) is 5.01 Å². The maximum absolute atomic E-state index is 12.2. The summed E-state index contributed by atoms with van der Waals surface area (Å²) in [7, 11) is 0. The highest BCUT2D eigenvalue weighted by molar-refractivity contribution is 8.00. The van der Waals surface area contributed by atoms with Gasteiger partial charge in [0.25, 0.3) is 23.4 Å². The number of nitro benzene ring substituents is 1. The number of aromatic nitrogens is 1. The van der Waals surface area contributed by atoms with Gasteiger partial charge in [-0.15, -0.1) is 11.8 Å². The molecule has 1 aromatic heterocycles. The van der Waals surface area contributed by atoms with E-state index in [1.807, 2.05) is 0 Å². The van der Waals surface area contributed by atoms with E-state index in [4.69, 9.17) is 0 Å². The predicted octanol–water partition coefficient (Wildman–Crippen LogP) is 1.02. The summed E-state index contributed by atoms with van der Waals surface area (Å²) in [5, 5.41) is 13.9. The number of nitrogens with one attached hydrogen (secondary N) is 2. The molecule has 0 spiro atoms. The number of benzene rings is 1. The molecule has 1 unspecified atom stereocenters. The smallest absolute Gasteiger partial charge is 0.269 e. The van der Waals surface area contributed by atoms with Crippen LogP contribution in [-0.2, 0) is 9.59 Å². The highest BCUT2D eigenvalue weighted by Crippen LogP contribution is 2.37. The van der Waals surface area contributed by atoms with Gasteiger partial charge in [0.2, 0.25) is 0 Å². The second-order valence-electron chi connectivity index (χ2n) is 5.73. The van der Waals surface area contributed by atoms with Gasteiger partial charge in [0.15, 0.2) is 0 Å². The van der Waals surface area contributed by atoms with Crippen LogP contribution in [0.4, 0.5) is 5.69 Å². The summed E-state index contributed by atoms with van der Waals surface area (Å²) in [6.07, 6.45) is 2.92. The van der Waals surface area contributed by atoms with Crippen LogP contribution in [0.15, 0.2) is 48.8 Å². The van der Waals surface area contributed by atoms with Gasteiger partial charge >= 0.3 is 0 Å². The molecule has 2 N–H and O–H groups in total. The quantitative estimate of drug-likeness (QED) is 0.545. The molecule has 1 aromatic carbocycles. The fraction of sp³-hybridized carbons (Fsp3) is 0.176. The van der Waals surface area contributed by atoms with E-state index < -0.39 is 22.1 Å². The maximum Gasteiger partial charge on any atom is 0.269 e. The van der Waals surface area contributed by atoms with Crippen LogP contribution >= 0.6 is 11.8 Å². The van der Waals surface area contributed by atoms with E-state index in [0.29, 0.717) is 11.1 Å². The standard InChI is InChI=1S/C17H15N5O5S/c23-14(9-19-16(25)11-5-7-18-8-6-11)20-21-15(24)10-28-17(21)12-1-3-13(4-2-12)22(26)27/h1-8,17H,9-10H2,(H,19,25)(H,20,23). The van der Waals surface area contributed by atoms with E-state index in [1.54, 1.807) is 12.1 Å². The molecule has 11 heteroatoms. The average Bonchev–Trinajstić information content (AvgIpc) is 3.07. The molecule has 0 aliphatic carbocycles. The van der Waals surface area contributed by atoms with Gasteiger partial charge in [0, 0.05) is 30.1 Å². The van der Waals surface area contributed by atoms with E-state index in [1.165, 1.54) is 53.4 Å². The summed E-state index contributed by atoms with van der Waals surface area (Å²) in [5.74, 6) is -1.15. The molecule has 144 valence electrons. The lowest BCUT2D eigenvalue weighted by Crippen LogP contribution is -2.48. The molecule has 1 saturated heterocycles. The Balaban J connectivity index is 1.61. The van der Waals surface area contributed by atoms with Crippen molar-refractivity contribution in [3.05, 3.63) is 70.0 Å². The van der Waals surface area contributed by atoms with Gasteiger partial charge < -0.3 is 5.32 Å². The third-order valence-corrected chi connectivity index (χ3v) is 5.07. The van der Waals surface area contributed by atoms with E-state index in [2.05, 4.69) is 15.7 Å². The Hall–Kier alpha value is -3.47. The van der Waals surface area contributed by atoms with Crippen molar-refractivity contribution < 1.29 is 19.3 Å². The van der Waals surface area contributed by atoms with Crippen molar-refractivity contribution in [1.29, 1.82) is 0 Å². The zero-order valence-electron chi connectivity index (χ0n) is 14.4. The van der Waals surface area contributed by atoms with Crippen LogP contribution in [0.5, 0.6) is 0 Å². The molecule has 1 aliphatic rings. The Labute approximate surface area is 163 Å². The van der Waals surface area contributed by atoms with Gasteiger partial charge in [0.1, 0.15) is 5.37 Å². The van der Waals surface area contributed by atoms with Crippen molar-refractivity contribution in [1.82, 2.24) is 20.7 Å². The highest BCUT2D eigenvalue weighted by Gasteiger charge is 2.34. The monoisotopic (exact) mass is 401 g/mol. The van der Waals surface area contributed by atoms with Crippen LogP contribution in [0.25, 0.3) is 0 Å². The Bertz CT molecular complexity index is 906. The van der Waals surface area contributed by atoms with Crippen molar-refractivity contribution in [3.8, 4) is 0 Å². The molecule has 0 bridgehead atoms. The van der Waals surface area contributed by atoms with Crippen LogP contribution in [-0.4, -0.2) is 44.9 Å². The Kier molecular flexibility index (Phi) is 5.84. The third kappa shape index (κ3) is 4.43. The van der Waals surface area contributed by atoms with Gasteiger partial charge in [-0.3, -0.25) is 34.9 Å². The van der Waals surface area contributed by atoms with Gasteiger partial charge in [-0.05, 0) is 29.8 Å². The molecule has 1 aliphatic heterocycles. The molecule has 10 nitrogen and oxygen atoms in total. The second-order valence-corrected chi connectivity index (χ2v) is 6.80. The van der Waals surface area contributed by atoms with Crippen molar-refractivity contribution >= 4 is 35.2 Å². The number of thioether (sulfide) groups is 1. The summed E-state index contributed by atoms with van der Waals surface area (Å²) in [4.78, 5) is 50.3. The van der Waals surface area contributed by atoms with Crippen molar-refractivity contribution in [2.24, 2.45) is 0 Å². The van der Waals surface area contributed by atoms with Crippen molar-refractivity contribution in [3.63, 3.8) is 0 Å². The van der Waals surface area contributed by atoms with Gasteiger partial charge in [-0.2, -0.15) is 0 Å². The summed E-state index contributed by atoms with van der Waals surface area (Å²) >= 11 is 1.29. The molecule has 1 atom stereocenters. The normalized spacial score (nSPS) is 15.9. The zero-order chi connectivity index (χ0) is 20.1. The SMILES string of the molecule is O=C(CNC(=O)c1ccncc1)NN1C(=O)CSC1c1ccc([N+](=O)[O-])cc1. The lowest BCUT2D eigenvalue weighted by molar-refractivity contribution is -0.384. The number of hydrogen-bond donors (Lipinski definition) is 2.